The third kappa shape index (κ3) is 3.62. The molecule has 1 nitrogen and oxygen atoms in total. The first kappa shape index (κ1) is 28.3. The molecule has 0 fully saturated rings. The molecule has 0 aromatic heterocycles. The molecule has 0 bridgehead atoms. The van der Waals surface area contributed by atoms with E-state index in [-0.39, 0.29) is 6.10 Å². The average Bonchev–Trinajstić information content (AvgIpc) is 3.67. The Morgan fingerprint density at radius 3 is 2.02 bits per heavy atom. The van der Waals surface area contributed by atoms with Crippen LogP contribution in [0.2, 0.25) is 0 Å². The van der Waals surface area contributed by atoms with Gasteiger partial charge in [-0.2, -0.15) is 0 Å². The van der Waals surface area contributed by atoms with Gasteiger partial charge in [-0.1, -0.05) is 146 Å². The van der Waals surface area contributed by atoms with Crippen LogP contribution in [-0.4, -0.2) is 0 Å². The zero-order chi connectivity index (χ0) is 34.0. The van der Waals surface area contributed by atoms with E-state index in [4.69, 9.17) is 4.74 Å². The summed E-state index contributed by atoms with van der Waals surface area (Å²) in [5.41, 5.74) is 20.3. The molecule has 8 aromatic rings. The number of fused-ring (bicyclic) bond motifs is 13. The first-order valence-corrected chi connectivity index (χ1v) is 18.4. The molecule has 242 valence electrons. The number of benzene rings is 8. The minimum atomic E-state index is -0.393. The van der Waals surface area contributed by atoms with Crippen molar-refractivity contribution in [2.45, 2.75) is 17.9 Å². The van der Waals surface area contributed by atoms with Gasteiger partial charge >= 0.3 is 0 Å². The van der Waals surface area contributed by atoms with E-state index in [1.54, 1.807) is 0 Å². The molecule has 3 aliphatic carbocycles. The van der Waals surface area contributed by atoms with Crippen molar-refractivity contribution >= 4 is 16.8 Å². The normalized spacial score (nSPS) is 17.9. The molecule has 4 aliphatic rings. The molecule has 1 heterocycles. The SMILES string of the molecule is C1=Cc2cccc3c2C(C1)Oc1ccc(-c2cccc(-c4cccc5c4-c4ccccc4C54c5ccccc5-c5cc6ccccc6cc54)c2)cc1-3. The maximum Gasteiger partial charge on any atom is 0.128 e. The molecule has 0 N–H and O–H groups in total. The Hall–Kier alpha value is -6.44. The smallest absolute Gasteiger partial charge is 0.128 e. The van der Waals surface area contributed by atoms with Gasteiger partial charge in [-0.05, 0) is 119 Å². The fraction of sp³-hybridized carbons (Fsp3) is 0.0588. The molecular weight excluding hydrogens is 629 g/mol. The lowest BCUT2D eigenvalue weighted by atomic mass is 9.70. The summed E-state index contributed by atoms with van der Waals surface area (Å²) in [6.45, 7) is 0. The summed E-state index contributed by atoms with van der Waals surface area (Å²) >= 11 is 0. The van der Waals surface area contributed by atoms with Gasteiger partial charge in [0.1, 0.15) is 11.9 Å². The first-order chi connectivity index (χ1) is 25.8. The van der Waals surface area contributed by atoms with E-state index < -0.39 is 5.41 Å². The largest absolute Gasteiger partial charge is 0.485 e. The second-order valence-electron chi connectivity index (χ2n) is 14.7. The van der Waals surface area contributed by atoms with Crippen LogP contribution in [0.15, 0.2) is 170 Å². The minimum Gasteiger partial charge on any atom is -0.485 e. The molecule has 0 saturated carbocycles. The molecule has 1 aliphatic heterocycles. The van der Waals surface area contributed by atoms with E-state index in [0.29, 0.717) is 0 Å². The maximum absolute atomic E-state index is 6.58. The Morgan fingerprint density at radius 1 is 0.442 bits per heavy atom. The van der Waals surface area contributed by atoms with Crippen molar-refractivity contribution in [3.8, 4) is 61.4 Å². The highest BCUT2D eigenvalue weighted by Crippen LogP contribution is 2.64. The van der Waals surface area contributed by atoms with Gasteiger partial charge in [0, 0.05) is 17.5 Å². The van der Waals surface area contributed by atoms with Crippen molar-refractivity contribution < 1.29 is 4.74 Å². The fourth-order valence-corrected chi connectivity index (χ4v) is 10.0. The lowest BCUT2D eigenvalue weighted by Gasteiger charge is -2.32. The molecule has 8 aromatic carbocycles. The lowest BCUT2D eigenvalue weighted by molar-refractivity contribution is 0.204. The molecular formula is C51H32O. The Balaban J connectivity index is 1.06. The monoisotopic (exact) mass is 660 g/mol. The molecule has 0 saturated heterocycles. The molecule has 0 radical (unpaired) electrons. The molecule has 0 amide bonds. The lowest BCUT2D eigenvalue weighted by Crippen LogP contribution is -2.25. The van der Waals surface area contributed by atoms with E-state index in [9.17, 15) is 0 Å². The highest BCUT2D eigenvalue weighted by atomic mass is 16.5. The highest BCUT2D eigenvalue weighted by molar-refractivity contribution is 6.03. The summed E-state index contributed by atoms with van der Waals surface area (Å²) in [6.07, 6.45) is 5.46. The number of hydrogen-bond donors (Lipinski definition) is 0. The molecule has 1 spiro atoms. The van der Waals surface area contributed by atoms with Crippen LogP contribution in [0.25, 0.3) is 72.5 Å². The Bertz CT molecular complexity index is 2870. The predicted octanol–water partition coefficient (Wildman–Crippen LogP) is 13.0. The summed E-state index contributed by atoms with van der Waals surface area (Å²) in [6, 6.07) is 61.3. The van der Waals surface area contributed by atoms with Gasteiger partial charge in [-0.25, -0.2) is 0 Å². The Kier molecular flexibility index (Phi) is 5.61. The van der Waals surface area contributed by atoms with E-state index in [1.165, 1.54) is 99.8 Å². The van der Waals surface area contributed by atoms with Crippen LogP contribution in [0.4, 0.5) is 0 Å². The van der Waals surface area contributed by atoms with E-state index in [0.717, 1.165) is 12.2 Å². The van der Waals surface area contributed by atoms with Gasteiger partial charge in [0.15, 0.2) is 0 Å². The van der Waals surface area contributed by atoms with E-state index >= 15 is 0 Å². The molecule has 1 heteroatoms. The van der Waals surface area contributed by atoms with Gasteiger partial charge in [-0.3, -0.25) is 0 Å². The van der Waals surface area contributed by atoms with Crippen molar-refractivity contribution in [3.05, 3.63) is 203 Å². The standard InChI is InChI=1S/C51H32O/c1-2-12-34-30-46-41(28-33(34)11-1)38-17-3-5-21-43(38)51(46)44-22-6-4-18-40(44)50-37(19-10-23-45(50)51)36-16-7-15-32(27-36)35-25-26-47-42(29-35)39-20-8-13-31-14-9-24-48(52-47)49(31)39/h1-23,25-30,48H,24H2. The second kappa shape index (κ2) is 10.3. The van der Waals surface area contributed by atoms with Gasteiger partial charge in [0.25, 0.3) is 0 Å². The fourth-order valence-electron chi connectivity index (χ4n) is 10.0. The number of rotatable bonds is 2. The number of ether oxygens (including phenoxy) is 1. The van der Waals surface area contributed by atoms with Gasteiger partial charge in [0.2, 0.25) is 0 Å². The van der Waals surface area contributed by atoms with Gasteiger partial charge in [-0.15, -0.1) is 0 Å². The highest BCUT2D eigenvalue weighted by Gasteiger charge is 2.52. The van der Waals surface area contributed by atoms with E-state index in [2.05, 4.69) is 176 Å². The minimum absolute atomic E-state index is 0.0849. The van der Waals surface area contributed by atoms with Crippen molar-refractivity contribution in [1.29, 1.82) is 0 Å². The summed E-state index contributed by atoms with van der Waals surface area (Å²) < 4.78 is 6.58. The van der Waals surface area contributed by atoms with Gasteiger partial charge in [0.05, 0.1) is 5.41 Å². The third-order valence-electron chi connectivity index (χ3n) is 12.1. The van der Waals surface area contributed by atoms with Crippen molar-refractivity contribution in [2.24, 2.45) is 0 Å². The van der Waals surface area contributed by atoms with Crippen LogP contribution in [0.1, 0.15) is 45.9 Å². The maximum atomic E-state index is 6.58. The van der Waals surface area contributed by atoms with Crippen LogP contribution in [0.3, 0.4) is 0 Å². The third-order valence-corrected chi connectivity index (χ3v) is 12.1. The first-order valence-electron chi connectivity index (χ1n) is 18.4. The zero-order valence-corrected chi connectivity index (χ0v) is 28.4. The predicted molar refractivity (Wildman–Crippen MR) is 214 cm³/mol. The quantitative estimate of drug-likeness (QED) is 0.179. The van der Waals surface area contributed by atoms with Crippen molar-refractivity contribution in [3.63, 3.8) is 0 Å². The van der Waals surface area contributed by atoms with Crippen LogP contribution in [0, 0.1) is 0 Å². The molecule has 12 rings (SSSR count). The van der Waals surface area contributed by atoms with Crippen molar-refractivity contribution in [2.75, 3.05) is 0 Å². The summed E-state index contributed by atoms with van der Waals surface area (Å²) in [4.78, 5) is 0. The molecule has 52 heavy (non-hydrogen) atoms. The Morgan fingerprint density at radius 2 is 1.12 bits per heavy atom. The Labute approximate surface area is 303 Å². The number of hydrogen-bond acceptors (Lipinski definition) is 1. The van der Waals surface area contributed by atoms with Crippen LogP contribution in [-0.2, 0) is 5.41 Å². The molecule has 2 unspecified atom stereocenters. The van der Waals surface area contributed by atoms with E-state index in [1.807, 2.05) is 0 Å². The summed E-state index contributed by atoms with van der Waals surface area (Å²) in [7, 11) is 0. The van der Waals surface area contributed by atoms with Crippen LogP contribution >= 0.6 is 0 Å². The summed E-state index contributed by atoms with van der Waals surface area (Å²) in [5.74, 6) is 0.970. The van der Waals surface area contributed by atoms with Crippen LogP contribution in [0.5, 0.6) is 5.75 Å². The average molecular weight is 661 g/mol. The molecule has 2 atom stereocenters. The van der Waals surface area contributed by atoms with Gasteiger partial charge < -0.3 is 4.74 Å². The van der Waals surface area contributed by atoms with Crippen LogP contribution < -0.4 is 4.74 Å². The second-order valence-corrected chi connectivity index (χ2v) is 14.7. The topological polar surface area (TPSA) is 9.23 Å². The summed E-state index contributed by atoms with van der Waals surface area (Å²) in [5, 5.41) is 2.56. The van der Waals surface area contributed by atoms with Crippen molar-refractivity contribution in [1.82, 2.24) is 0 Å². The zero-order valence-electron chi connectivity index (χ0n) is 28.4.